The van der Waals surface area contributed by atoms with Gasteiger partial charge in [0.1, 0.15) is 5.82 Å². The summed E-state index contributed by atoms with van der Waals surface area (Å²) in [7, 11) is 0. The van der Waals surface area contributed by atoms with Crippen LogP contribution in [0, 0.1) is 9.39 Å². The summed E-state index contributed by atoms with van der Waals surface area (Å²) in [6.07, 6.45) is 0.905. The molecule has 4 nitrogen and oxygen atoms in total. The molecule has 5 N–H and O–H groups in total. The minimum absolute atomic E-state index is 0.305. The molecule has 6 heteroatoms. The van der Waals surface area contributed by atoms with Gasteiger partial charge in [0.2, 0.25) is 5.91 Å². The number of carbonyl (C=O) groups excluding carboxylic acids is 1. The predicted molar refractivity (Wildman–Crippen MR) is 70.4 cm³/mol. The average Bonchev–Trinajstić information content (AvgIpc) is 2.19. The van der Waals surface area contributed by atoms with E-state index in [0.29, 0.717) is 34.3 Å². The van der Waals surface area contributed by atoms with Crippen LogP contribution in [0.25, 0.3) is 0 Å². The van der Waals surface area contributed by atoms with E-state index >= 15 is 0 Å². The van der Waals surface area contributed by atoms with E-state index in [2.05, 4.69) is 5.32 Å². The number of hydrogen-bond donors (Lipinski definition) is 3. The van der Waals surface area contributed by atoms with Gasteiger partial charge in [-0.1, -0.05) is 0 Å². The maximum absolute atomic E-state index is 13.2. The van der Waals surface area contributed by atoms with E-state index in [1.165, 1.54) is 6.07 Å². The van der Waals surface area contributed by atoms with Crippen LogP contribution in [0.2, 0.25) is 0 Å². The Labute approximate surface area is 107 Å². The molecule has 0 aromatic heterocycles. The Morgan fingerprint density at radius 2 is 2.19 bits per heavy atom. The molecule has 0 unspecified atom stereocenters. The standard InChI is InChI=1S/C10H13FIN3O/c11-6-4-9(8(13)5-7(6)12)15-3-1-2-10(14)16/h4-5,15H,1-3,13H2,(H2,14,16). The van der Waals surface area contributed by atoms with Crippen molar-refractivity contribution in [3.05, 3.63) is 21.5 Å². The van der Waals surface area contributed by atoms with Gasteiger partial charge in [-0.2, -0.15) is 0 Å². The van der Waals surface area contributed by atoms with Crippen LogP contribution in [-0.2, 0) is 4.79 Å². The topological polar surface area (TPSA) is 81.1 Å². The fourth-order valence-electron chi connectivity index (χ4n) is 1.20. The molecule has 0 fully saturated rings. The second-order valence-electron chi connectivity index (χ2n) is 3.35. The van der Waals surface area contributed by atoms with Crippen LogP contribution < -0.4 is 16.8 Å². The molecule has 1 aromatic rings. The summed E-state index contributed by atoms with van der Waals surface area (Å²) in [4.78, 5) is 10.5. The van der Waals surface area contributed by atoms with E-state index in [4.69, 9.17) is 11.5 Å². The summed E-state index contributed by atoms with van der Waals surface area (Å²) in [6.45, 7) is 0.535. The first kappa shape index (κ1) is 13.0. The van der Waals surface area contributed by atoms with Crippen molar-refractivity contribution in [3.63, 3.8) is 0 Å². The Hall–Kier alpha value is -1.05. The predicted octanol–water partition coefficient (Wildman–Crippen LogP) is 1.69. The molecule has 88 valence electrons. The van der Waals surface area contributed by atoms with Crippen LogP contribution in [0.3, 0.4) is 0 Å². The molecule has 0 saturated heterocycles. The lowest BCUT2D eigenvalue weighted by Crippen LogP contribution is -2.13. The van der Waals surface area contributed by atoms with Gasteiger partial charge in [0.05, 0.1) is 14.9 Å². The number of halogens is 2. The summed E-state index contributed by atoms with van der Waals surface area (Å²) in [5.41, 5.74) is 11.7. The number of hydrogen-bond acceptors (Lipinski definition) is 3. The van der Waals surface area contributed by atoms with Crippen molar-refractivity contribution in [1.29, 1.82) is 0 Å². The number of amides is 1. The van der Waals surface area contributed by atoms with Gasteiger partial charge in [0.25, 0.3) is 0 Å². The van der Waals surface area contributed by atoms with Crippen molar-refractivity contribution in [2.24, 2.45) is 5.73 Å². The normalized spacial score (nSPS) is 10.1. The Bertz CT molecular complexity index is 398. The van der Waals surface area contributed by atoms with E-state index < -0.39 is 0 Å². The molecule has 0 radical (unpaired) electrons. The molecule has 1 aromatic carbocycles. The minimum Gasteiger partial charge on any atom is -0.397 e. The Morgan fingerprint density at radius 3 is 2.81 bits per heavy atom. The highest BCUT2D eigenvalue weighted by atomic mass is 127. The number of primary amides is 1. The zero-order chi connectivity index (χ0) is 12.1. The monoisotopic (exact) mass is 337 g/mol. The van der Waals surface area contributed by atoms with Crippen LogP contribution in [0.15, 0.2) is 12.1 Å². The first-order valence-corrected chi connectivity index (χ1v) is 5.85. The Morgan fingerprint density at radius 1 is 1.50 bits per heavy atom. The fraction of sp³-hybridized carbons (Fsp3) is 0.300. The van der Waals surface area contributed by atoms with Gasteiger partial charge in [-0.15, -0.1) is 0 Å². The fourth-order valence-corrected chi connectivity index (χ4v) is 1.69. The van der Waals surface area contributed by atoms with Crippen molar-refractivity contribution in [2.45, 2.75) is 12.8 Å². The average molecular weight is 337 g/mol. The number of rotatable bonds is 5. The van der Waals surface area contributed by atoms with Gasteiger partial charge in [-0.25, -0.2) is 4.39 Å². The van der Waals surface area contributed by atoms with E-state index in [9.17, 15) is 9.18 Å². The number of nitrogen functional groups attached to an aromatic ring is 1. The molecular formula is C10H13FIN3O. The van der Waals surface area contributed by atoms with Gasteiger partial charge in [-0.3, -0.25) is 4.79 Å². The second kappa shape index (κ2) is 5.88. The summed E-state index contributed by atoms with van der Waals surface area (Å²) in [6, 6.07) is 2.91. The van der Waals surface area contributed by atoms with E-state index in [-0.39, 0.29) is 11.7 Å². The molecule has 0 aliphatic rings. The van der Waals surface area contributed by atoms with Crippen LogP contribution in [0.1, 0.15) is 12.8 Å². The van der Waals surface area contributed by atoms with Crippen LogP contribution in [0.4, 0.5) is 15.8 Å². The van der Waals surface area contributed by atoms with Gasteiger partial charge in [-0.05, 0) is 35.1 Å². The minimum atomic E-state index is -0.344. The number of nitrogens with two attached hydrogens (primary N) is 2. The molecular weight excluding hydrogens is 324 g/mol. The molecule has 0 saturated carbocycles. The number of carbonyl (C=O) groups is 1. The van der Waals surface area contributed by atoms with Gasteiger partial charge in [0.15, 0.2) is 0 Å². The maximum atomic E-state index is 13.2. The smallest absolute Gasteiger partial charge is 0.217 e. The molecule has 0 aliphatic heterocycles. The molecule has 0 spiro atoms. The zero-order valence-electron chi connectivity index (χ0n) is 8.59. The van der Waals surface area contributed by atoms with Gasteiger partial charge in [0, 0.05) is 19.0 Å². The van der Waals surface area contributed by atoms with Gasteiger partial charge < -0.3 is 16.8 Å². The highest BCUT2D eigenvalue weighted by Crippen LogP contribution is 2.23. The zero-order valence-corrected chi connectivity index (χ0v) is 10.8. The lowest BCUT2D eigenvalue weighted by molar-refractivity contribution is -0.118. The Kier molecular flexibility index (Phi) is 4.78. The second-order valence-corrected chi connectivity index (χ2v) is 4.51. The number of nitrogens with one attached hydrogen (secondary N) is 1. The highest BCUT2D eigenvalue weighted by molar-refractivity contribution is 14.1. The summed E-state index contributed by atoms with van der Waals surface area (Å²) in [5, 5.41) is 2.96. The molecule has 0 heterocycles. The maximum Gasteiger partial charge on any atom is 0.217 e. The van der Waals surface area contributed by atoms with Crippen molar-refractivity contribution in [1.82, 2.24) is 0 Å². The Balaban J connectivity index is 2.54. The summed E-state index contributed by atoms with van der Waals surface area (Å²) in [5.74, 6) is -0.657. The third-order valence-corrected chi connectivity index (χ3v) is 2.83. The molecule has 0 atom stereocenters. The SMILES string of the molecule is NC(=O)CCCNc1cc(F)c(I)cc1N. The van der Waals surface area contributed by atoms with Crippen LogP contribution in [0.5, 0.6) is 0 Å². The van der Waals surface area contributed by atoms with Crippen molar-refractivity contribution < 1.29 is 9.18 Å². The number of anilines is 2. The first-order valence-electron chi connectivity index (χ1n) is 4.77. The van der Waals surface area contributed by atoms with Crippen LogP contribution >= 0.6 is 22.6 Å². The molecule has 1 rings (SSSR count). The van der Waals surface area contributed by atoms with Gasteiger partial charge >= 0.3 is 0 Å². The third kappa shape index (κ3) is 3.84. The molecule has 1 amide bonds. The van der Waals surface area contributed by atoms with Crippen molar-refractivity contribution >= 4 is 39.9 Å². The molecule has 0 aliphatic carbocycles. The largest absolute Gasteiger partial charge is 0.397 e. The van der Waals surface area contributed by atoms with E-state index in [1.54, 1.807) is 6.07 Å². The van der Waals surface area contributed by atoms with Crippen molar-refractivity contribution in [2.75, 3.05) is 17.6 Å². The quantitative estimate of drug-likeness (QED) is 0.435. The van der Waals surface area contributed by atoms with Crippen molar-refractivity contribution in [3.8, 4) is 0 Å². The van der Waals surface area contributed by atoms with E-state index in [1.807, 2.05) is 22.6 Å². The lowest BCUT2D eigenvalue weighted by Gasteiger charge is -2.09. The van der Waals surface area contributed by atoms with Crippen LogP contribution in [-0.4, -0.2) is 12.5 Å². The summed E-state index contributed by atoms with van der Waals surface area (Å²) < 4.78 is 13.7. The summed E-state index contributed by atoms with van der Waals surface area (Å²) >= 11 is 1.88. The molecule has 16 heavy (non-hydrogen) atoms. The molecule has 0 bridgehead atoms. The third-order valence-electron chi connectivity index (χ3n) is 2.01. The van der Waals surface area contributed by atoms with E-state index in [0.717, 1.165) is 0 Å². The highest BCUT2D eigenvalue weighted by Gasteiger charge is 2.05. The lowest BCUT2D eigenvalue weighted by atomic mass is 10.2. The number of benzene rings is 1. The first-order chi connectivity index (χ1) is 7.50.